The third-order valence-electron chi connectivity index (χ3n) is 2.68. The number of halogens is 2. The fourth-order valence-corrected chi connectivity index (χ4v) is 2.13. The van der Waals surface area contributed by atoms with Gasteiger partial charge in [-0.2, -0.15) is 0 Å². The summed E-state index contributed by atoms with van der Waals surface area (Å²) in [5, 5.41) is 0. The maximum atomic E-state index is 13.6. The lowest BCUT2D eigenvalue weighted by Gasteiger charge is -2.11. The predicted molar refractivity (Wildman–Crippen MR) is 67.1 cm³/mol. The minimum Gasteiger partial charge on any atom is -0.303 e. The number of hydrogen-bond donors (Lipinski definition) is 0. The average molecular weight is 253 g/mol. The van der Waals surface area contributed by atoms with E-state index in [4.69, 9.17) is 11.6 Å². The Labute approximate surface area is 105 Å². The van der Waals surface area contributed by atoms with Crippen LogP contribution < -0.4 is 0 Å². The maximum Gasteiger partial charge on any atom is 0.129 e. The molecule has 1 aromatic heterocycles. The Hall–Kier alpha value is -1.35. The molecule has 0 unspecified atom stereocenters. The first-order valence-corrected chi connectivity index (χ1v) is 6.17. The molecule has 1 aromatic carbocycles. The van der Waals surface area contributed by atoms with Gasteiger partial charge in [0, 0.05) is 24.4 Å². The molecule has 1 heterocycles. The molecular formula is C13H14ClFN2. The largest absolute Gasteiger partial charge is 0.303 e. The number of aromatic nitrogens is 2. The second-order valence-corrected chi connectivity index (χ2v) is 4.10. The van der Waals surface area contributed by atoms with E-state index in [-0.39, 0.29) is 11.7 Å². The van der Waals surface area contributed by atoms with Crippen LogP contribution in [0, 0.1) is 5.82 Å². The van der Waals surface area contributed by atoms with Crippen LogP contribution >= 0.6 is 11.6 Å². The zero-order chi connectivity index (χ0) is 12.3. The third-order valence-corrected chi connectivity index (χ3v) is 2.95. The summed E-state index contributed by atoms with van der Waals surface area (Å²) < 4.78 is 15.5. The lowest BCUT2D eigenvalue weighted by atomic mass is 10.2. The van der Waals surface area contributed by atoms with Gasteiger partial charge in [-0.1, -0.05) is 13.0 Å². The minimum absolute atomic E-state index is 0.158. The van der Waals surface area contributed by atoms with Gasteiger partial charge in [0.25, 0.3) is 0 Å². The lowest BCUT2D eigenvalue weighted by molar-refractivity contribution is 0.614. The zero-order valence-electron chi connectivity index (χ0n) is 9.66. The fourth-order valence-electron chi connectivity index (χ4n) is 1.87. The van der Waals surface area contributed by atoms with Crippen LogP contribution in [0.2, 0.25) is 0 Å². The molecule has 0 saturated heterocycles. The van der Waals surface area contributed by atoms with Crippen LogP contribution in [-0.4, -0.2) is 9.55 Å². The number of imidazole rings is 1. The molecule has 2 rings (SSSR count). The summed E-state index contributed by atoms with van der Waals surface area (Å²) in [7, 11) is 0. The van der Waals surface area contributed by atoms with E-state index in [0.717, 1.165) is 24.4 Å². The molecule has 0 aliphatic heterocycles. The minimum atomic E-state index is -0.270. The number of benzene rings is 1. The van der Waals surface area contributed by atoms with Gasteiger partial charge in [0.05, 0.1) is 11.6 Å². The Morgan fingerprint density at radius 2 is 2.24 bits per heavy atom. The van der Waals surface area contributed by atoms with Crippen molar-refractivity contribution in [1.82, 2.24) is 9.55 Å². The molecule has 4 heteroatoms. The van der Waals surface area contributed by atoms with Gasteiger partial charge in [-0.3, -0.25) is 0 Å². The van der Waals surface area contributed by atoms with E-state index in [1.54, 1.807) is 12.3 Å². The van der Waals surface area contributed by atoms with Crippen LogP contribution in [0.4, 0.5) is 4.39 Å². The molecule has 17 heavy (non-hydrogen) atoms. The van der Waals surface area contributed by atoms with E-state index in [1.165, 1.54) is 6.07 Å². The molecule has 0 saturated carbocycles. The van der Waals surface area contributed by atoms with Crippen molar-refractivity contribution >= 4 is 11.6 Å². The second kappa shape index (κ2) is 5.32. The average Bonchev–Trinajstić information content (AvgIpc) is 2.77. The molecule has 0 atom stereocenters. The van der Waals surface area contributed by atoms with Crippen molar-refractivity contribution in [2.45, 2.75) is 25.6 Å². The first kappa shape index (κ1) is 12.1. The van der Waals surface area contributed by atoms with Gasteiger partial charge >= 0.3 is 0 Å². The van der Waals surface area contributed by atoms with Gasteiger partial charge in [0.1, 0.15) is 11.6 Å². The van der Waals surface area contributed by atoms with Crippen molar-refractivity contribution in [2.75, 3.05) is 0 Å². The monoisotopic (exact) mass is 252 g/mol. The summed E-state index contributed by atoms with van der Waals surface area (Å²) in [4.78, 5) is 4.28. The van der Waals surface area contributed by atoms with E-state index in [2.05, 4.69) is 11.9 Å². The Bertz CT molecular complexity index is 508. The molecule has 0 N–H and O–H groups in total. The first-order valence-electron chi connectivity index (χ1n) is 5.64. The van der Waals surface area contributed by atoms with Crippen molar-refractivity contribution in [3.8, 4) is 5.69 Å². The molecule has 0 aliphatic rings. The van der Waals surface area contributed by atoms with Crippen LogP contribution in [0.5, 0.6) is 0 Å². The highest BCUT2D eigenvalue weighted by atomic mass is 35.5. The van der Waals surface area contributed by atoms with Crippen LogP contribution in [0.25, 0.3) is 5.69 Å². The number of nitrogens with zero attached hydrogens (tertiary/aromatic N) is 2. The van der Waals surface area contributed by atoms with Crippen LogP contribution in [-0.2, 0) is 12.3 Å². The Morgan fingerprint density at radius 3 is 2.94 bits per heavy atom. The predicted octanol–water partition coefficient (Wildman–Crippen LogP) is 3.70. The molecule has 0 fully saturated rings. The van der Waals surface area contributed by atoms with Crippen molar-refractivity contribution in [1.29, 1.82) is 0 Å². The molecule has 2 aromatic rings. The van der Waals surface area contributed by atoms with Crippen LogP contribution in [0.15, 0.2) is 30.6 Å². The van der Waals surface area contributed by atoms with E-state index in [0.29, 0.717) is 5.56 Å². The van der Waals surface area contributed by atoms with Crippen molar-refractivity contribution in [2.24, 2.45) is 0 Å². The van der Waals surface area contributed by atoms with Gasteiger partial charge < -0.3 is 4.57 Å². The van der Waals surface area contributed by atoms with Gasteiger partial charge in [-0.25, -0.2) is 9.37 Å². The SMILES string of the molecule is CCCc1nccn1-c1cccc(F)c1CCl. The normalized spacial score (nSPS) is 10.8. The van der Waals surface area contributed by atoms with Gasteiger partial charge in [-0.05, 0) is 18.6 Å². The topological polar surface area (TPSA) is 17.8 Å². The van der Waals surface area contributed by atoms with E-state index >= 15 is 0 Å². The highest BCUT2D eigenvalue weighted by Crippen LogP contribution is 2.21. The first-order chi connectivity index (χ1) is 8.27. The number of alkyl halides is 1. The molecule has 0 spiro atoms. The summed E-state index contributed by atoms with van der Waals surface area (Å²) >= 11 is 5.81. The van der Waals surface area contributed by atoms with E-state index in [9.17, 15) is 4.39 Å². The quantitative estimate of drug-likeness (QED) is 0.759. The van der Waals surface area contributed by atoms with E-state index in [1.807, 2.05) is 16.8 Å². The highest BCUT2D eigenvalue weighted by molar-refractivity contribution is 6.17. The molecule has 2 nitrogen and oxygen atoms in total. The second-order valence-electron chi connectivity index (χ2n) is 3.83. The summed E-state index contributed by atoms with van der Waals surface area (Å²) in [5.74, 6) is 0.823. The maximum absolute atomic E-state index is 13.6. The Kier molecular flexibility index (Phi) is 3.79. The summed E-state index contributed by atoms with van der Waals surface area (Å²) in [6, 6.07) is 4.98. The van der Waals surface area contributed by atoms with E-state index < -0.39 is 0 Å². The smallest absolute Gasteiger partial charge is 0.129 e. The summed E-state index contributed by atoms with van der Waals surface area (Å²) in [5.41, 5.74) is 1.30. The van der Waals surface area contributed by atoms with Crippen molar-refractivity contribution < 1.29 is 4.39 Å². The molecule has 90 valence electrons. The molecule has 0 aliphatic carbocycles. The molecule has 0 bridgehead atoms. The third kappa shape index (κ3) is 2.34. The number of hydrogen-bond acceptors (Lipinski definition) is 1. The zero-order valence-corrected chi connectivity index (χ0v) is 10.4. The van der Waals surface area contributed by atoms with Crippen molar-refractivity contribution in [3.05, 3.63) is 47.8 Å². The van der Waals surface area contributed by atoms with Crippen LogP contribution in [0.3, 0.4) is 0 Å². The van der Waals surface area contributed by atoms with Crippen LogP contribution in [0.1, 0.15) is 24.7 Å². The summed E-state index contributed by atoms with van der Waals surface area (Å²) in [6.45, 7) is 2.09. The highest BCUT2D eigenvalue weighted by Gasteiger charge is 2.11. The lowest BCUT2D eigenvalue weighted by Crippen LogP contribution is -2.04. The number of rotatable bonds is 4. The van der Waals surface area contributed by atoms with Crippen molar-refractivity contribution in [3.63, 3.8) is 0 Å². The summed E-state index contributed by atoms with van der Waals surface area (Å²) in [6.07, 6.45) is 5.44. The Morgan fingerprint density at radius 1 is 1.41 bits per heavy atom. The number of aryl methyl sites for hydroxylation is 1. The fraction of sp³-hybridized carbons (Fsp3) is 0.308. The standard InChI is InChI=1S/C13H14ClFN2/c1-2-4-13-16-7-8-17(13)12-6-3-5-11(15)10(12)9-14/h3,5-8H,2,4,9H2,1H3. The van der Waals surface area contributed by atoms with Gasteiger partial charge in [-0.15, -0.1) is 11.6 Å². The molecule has 0 amide bonds. The molecule has 0 radical (unpaired) electrons. The Balaban J connectivity index is 2.52. The molecular weight excluding hydrogens is 239 g/mol. The van der Waals surface area contributed by atoms with Gasteiger partial charge in [0.15, 0.2) is 0 Å². The van der Waals surface area contributed by atoms with Gasteiger partial charge in [0.2, 0.25) is 0 Å².